The molecule has 0 aliphatic carbocycles. The molecule has 0 aliphatic heterocycles. The predicted octanol–water partition coefficient (Wildman–Crippen LogP) is 4.73. The van der Waals surface area contributed by atoms with Crippen LogP contribution in [0.5, 0.6) is 0 Å². The summed E-state index contributed by atoms with van der Waals surface area (Å²) in [6.07, 6.45) is 1.61. The van der Waals surface area contributed by atoms with Gasteiger partial charge in [0.15, 0.2) is 17.5 Å². The van der Waals surface area contributed by atoms with Crippen LogP contribution in [0, 0.1) is 17.5 Å². The first-order valence-corrected chi connectivity index (χ1v) is 10.7. The van der Waals surface area contributed by atoms with E-state index >= 15 is 0 Å². The van der Waals surface area contributed by atoms with Crippen molar-refractivity contribution < 1.29 is 22.8 Å². The Morgan fingerprint density at radius 3 is 2.26 bits per heavy atom. The van der Waals surface area contributed by atoms with Gasteiger partial charge in [0.1, 0.15) is 5.69 Å². The smallest absolute Gasteiger partial charge is 0.257 e. The van der Waals surface area contributed by atoms with E-state index in [1.165, 1.54) is 7.05 Å². The first-order chi connectivity index (χ1) is 16.8. The maximum Gasteiger partial charge on any atom is 0.257 e. The summed E-state index contributed by atoms with van der Waals surface area (Å²) in [6.45, 7) is -0.0110. The second-order valence-corrected chi connectivity index (χ2v) is 7.87. The van der Waals surface area contributed by atoms with Crippen LogP contribution in [0.2, 0.25) is 0 Å². The third-order valence-electron chi connectivity index (χ3n) is 5.26. The summed E-state index contributed by atoms with van der Waals surface area (Å²) in [4.78, 5) is 26.8. The zero-order valence-electron chi connectivity index (χ0n) is 18.7. The van der Waals surface area contributed by atoms with Gasteiger partial charge in [-0.2, -0.15) is 5.10 Å². The number of benzene rings is 3. The molecular weight excluding hydrogens is 457 g/mol. The van der Waals surface area contributed by atoms with Gasteiger partial charge >= 0.3 is 0 Å². The maximum atomic E-state index is 13.9. The fourth-order valence-corrected chi connectivity index (χ4v) is 3.54. The lowest BCUT2D eigenvalue weighted by Gasteiger charge is -2.17. The molecule has 1 aromatic heterocycles. The van der Waals surface area contributed by atoms with Crippen LogP contribution >= 0.6 is 0 Å². The summed E-state index contributed by atoms with van der Waals surface area (Å²) in [5.74, 6) is -5.83. The van der Waals surface area contributed by atoms with Crippen molar-refractivity contribution >= 4 is 17.5 Å². The van der Waals surface area contributed by atoms with Gasteiger partial charge in [-0.15, -0.1) is 0 Å². The van der Waals surface area contributed by atoms with Crippen molar-refractivity contribution in [3.05, 3.63) is 108 Å². The Bertz CT molecular complexity index is 1360. The lowest BCUT2D eigenvalue weighted by atomic mass is 10.1. The van der Waals surface area contributed by atoms with Crippen LogP contribution in [0.25, 0.3) is 11.3 Å². The number of amides is 2. The molecule has 0 atom stereocenters. The number of nitrogens with zero attached hydrogens (tertiary/aromatic N) is 3. The second-order valence-electron chi connectivity index (χ2n) is 7.87. The highest BCUT2D eigenvalue weighted by molar-refractivity contribution is 6.02. The molecular formula is C26H21F3N4O2. The normalized spacial score (nSPS) is 10.7. The number of carbonyl (C=O) groups is 2. The van der Waals surface area contributed by atoms with Crippen LogP contribution in [0.3, 0.4) is 0 Å². The van der Waals surface area contributed by atoms with E-state index in [1.807, 2.05) is 60.7 Å². The highest BCUT2D eigenvalue weighted by Gasteiger charge is 2.23. The van der Waals surface area contributed by atoms with Crippen molar-refractivity contribution in [3.8, 4) is 11.3 Å². The Morgan fingerprint density at radius 1 is 0.914 bits per heavy atom. The van der Waals surface area contributed by atoms with E-state index in [9.17, 15) is 22.8 Å². The molecule has 4 rings (SSSR count). The minimum atomic E-state index is -1.69. The van der Waals surface area contributed by atoms with Gasteiger partial charge in [0.25, 0.3) is 5.91 Å². The number of aromatic nitrogens is 2. The van der Waals surface area contributed by atoms with Crippen LogP contribution in [0.4, 0.5) is 18.9 Å². The summed E-state index contributed by atoms with van der Waals surface area (Å²) < 4.78 is 42.1. The Hall–Kier alpha value is -4.40. The molecule has 35 heavy (non-hydrogen) atoms. The van der Waals surface area contributed by atoms with E-state index in [0.29, 0.717) is 18.3 Å². The van der Waals surface area contributed by atoms with Crippen LogP contribution in [0.15, 0.2) is 79.0 Å². The SMILES string of the molecule is CN(CC(=O)Nc1ccc(F)c(F)c1F)C(=O)c1cn(Cc2ccccc2)nc1-c1ccccc1. The van der Waals surface area contributed by atoms with Gasteiger partial charge in [-0.25, -0.2) is 13.2 Å². The first-order valence-electron chi connectivity index (χ1n) is 10.7. The zero-order valence-corrected chi connectivity index (χ0v) is 18.7. The highest BCUT2D eigenvalue weighted by atomic mass is 19.2. The number of hydrogen-bond donors (Lipinski definition) is 1. The number of anilines is 1. The predicted molar refractivity (Wildman–Crippen MR) is 125 cm³/mol. The van der Waals surface area contributed by atoms with E-state index < -0.39 is 41.5 Å². The molecule has 0 radical (unpaired) electrons. The summed E-state index contributed by atoms with van der Waals surface area (Å²) >= 11 is 0. The van der Waals surface area contributed by atoms with Gasteiger partial charge in [-0.3, -0.25) is 14.3 Å². The minimum Gasteiger partial charge on any atom is -0.332 e. The monoisotopic (exact) mass is 478 g/mol. The Kier molecular flexibility index (Phi) is 6.96. The van der Waals surface area contributed by atoms with Gasteiger partial charge in [0.05, 0.1) is 24.3 Å². The van der Waals surface area contributed by atoms with Gasteiger partial charge in [-0.05, 0) is 17.7 Å². The number of halogens is 3. The van der Waals surface area contributed by atoms with E-state index in [-0.39, 0.29) is 5.56 Å². The van der Waals surface area contributed by atoms with Crippen LogP contribution < -0.4 is 5.32 Å². The fourth-order valence-electron chi connectivity index (χ4n) is 3.54. The topological polar surface area (TPSA) is 67.2 Å². The summed E-state index contributed by atoms with van der Waals surface area (Å²) in [5.41, 5.74) is 1.93. The number of rotatable bonds is 7. The van der Waals surface area contributed by atoms with Crippen molar-refractivity contribution in [1.82, 2.24) is 14.7 Å². The minimum absolute atomic E-state index is 0.279. The maximum absolute atomic E-state index is 13.9. The molecule has 0 saturated heterocycles. The Balaban J connectivity index is 1.55. The molecule has 1 heterocycles. The van der Waals surface area contributed by atoms with Crippen LogP contribution in [0.1, 0.15) is 15.9 Å². The molecule has 178 valence electrons. The number of hydrogen-bond acceptors (Lipinski definition) is 3. The van der Waals surface area contributed by atoms with Crippen LogP contribution in [-0.2, 0) is 11.3 Å². The highest BCUT2D eigenvalue weighted by Crippen LogP contribution is 2.24. The lowest BCUT2D eigenvalue weighted by molar-refractivity contribution is -0.116. The lowest BCUT2D eigenvalue weighted by Crippen LogP contribution is -2.35. The van der Waals surface area contributed by atoms with Crippen molar-refractivity contribution in [2.75, 3.05) is 18.9 Å². The largest absolute Gasteiger partial charge is 0.332 e. The quantitative estimate of drug-likeness (QED) is 0.391. The van der Waals surface area contributed by atoms with Crippen LogP contribution in [-0.4, -0.2) is 40.1 Å². The summed E-state index contributed by atoms with van der Waals surface area (Å²) in [7, 11) is 1.41. The molecule has 0 aliphatic rings. The van der Waals surface area contributed by atoms with E-state index in [2.05, 4.69) is 10.4 Å². The van der Waals surface area contributed by atoms with E-state index in [0.717, 1.165) is 22.1 Å². The molecule has 0 fully saturated rings. The number of carbonyl (C=O) groups excluding carboxylic acids is 2. The third kappa shape index (κ3) is 5.40. The van der Waals surface area contributed by atoms with E-state index in [4.69, 9.17) is 0 Å². The summed E-state index contributed by atoms with van der Waals surface area (Å²) in [6, 6.07) is 20.4. The molecule has 0 unspecified atom stereocenters. The van der Waals surface area contributed by atoms with Gasteiger partial charge in [-0.1, -0.05) is 60.7 Å². The van der Waals surface area contributed by atoms with Gasteiger partial charge in [0.2, 0.25) is 5.91 Å². The molecule has 0 saturated carbocycles. The molecule has 0 bridgehead atoms. The molecule has 3 aromatic carbocycles. The number of likely N-dealkylation sites (N-methyl/N-ethyl adjacent to an activating group) is 1. The van der Waals surface area contributed by atoms with E-state index in [1.54, 1.807) is 10.9 Å². The second kappa shape index (κ2) is 10.3. The molecule has 9 heteroatoms. The molecule has 0 spiro atoms. The molecule has 2 amide bonds. The summed E-state index contributed by atoms with van der Waals surface area (Å²) in [5, 5.41) is 6.76. The van der Waals surface area contributed by atoms with Crippen molar-refractivity contribution in [3.63, 3.8) is 0 Å². The molecule has 4 aromatic rings. The zero-order chi connectivity index (χ0) is 24.9. The Morgan fingerprint density at radius 2 is 1.57 bits per heavy atom. The van der Waals surface area contributed by atoms with Gasteiger partial charge in [0, 0.05) is 18.8 Å². The first kappa shape index (κ1) is 23.7. The number of nitrogens with one attached hydrogen (secondary N) is 1. The van der Waals surface area contributed by atoms with Crippen molar-refractivity contribution in [2.45, 2.75) is 6.54 Å². The standard InChI is InChI=1S/C26H21F3N4O2/c1-32(16-22(34)30-21-13-12-20(27)23(28)24(21)29)26(35)19-15-33(14-17-8-4-2-5-9-17)31-25(19)18-10-6-3-7-11-18/h2-13,15H,14,16H2,1H3,(H,30,34). The fraction of sp³-hybridized carbons (Fsp3) is 0.115. The molecule has 1 N–H and O–H groups in total. The Labute approximate surface area is 199 Å². The van der Waals surface area contributed by atoms with Gasteiger partial charge < -0.3 is 10.2 Å². The van der Waals surface area contributed by atoms with Crippen molar-refractivity contribution in [1.29, 1.82) is 0 Å². The average molecular weight is 478 g/mol. The third-order valence-corrected chi connectivity index (χ3v) is 5.26. The van der Waals surface area contributed by atoms with Crippen molar-refractivity contribution in [2.24, 2.45) is 0 Å². The average Bonchev–Trinajstić information content (AvgIpc) is 3.28. The molecule has 6 nitrogen and oxygen atoms in total.